The van der Waals surface area contributed by atoms with Crippen molar-refractivity contribution in [2.24, 2.45) is 0 Å². The van der Waals surface area contributed by atoms with Crippen molar-refractivity contribution in [2.45, 2.75) is 12.3 Å². The first-order chi connectivity index (χ1) is 10.00. The lowest BCUT2D eigenvalue weighted by molar-refractivity contribution is 0.580. The van der Waals surface area contributed by atoms with Gasteiger partial charge in [-0.25, -0.2) is 13.1 Å². The van der Waals surface area contributed by atoms with Gasteiger partial charge >= 0.3 is 0 Å². The van der Waals surface area contributed by atoms with E-state index in [2.05, 4.69) is 20.7 Å². The Morgan fingerprint density at radius 1 is 1.14 bits per heavy atom. The standard InChI is InChI=1S/C15H13BrN2O2S/c16-15-7-3-4-12(8-15)10-18-21(19,20)11-14-6-2-1-5-13(14)9-17/h1-8,18H,10-11H2. The van der Waals surface area contributed by atoms with Crippen molar-refractivity contribution in [1.29, 1.82) is 5.26 Å². The third-order valence-corrected chi connectivity index (χ3v) is 4.64. The molecule has 0 aliphatic rings. The van der Waals surface area contributed by atoms with Gasteiger partial charge in [-0.05, 0) is 29.3 Å². The van der Waals surface area contributed by atoms with Crippen LogP contribution in [0.3, 0.4) is 0 Å². The van der Waals surface area contributed by atoms with Gasteiger partial charge in [0.05, 0.1) is 17.4 Å². The molecule has 2 aromatic carbocycles. The topological polar surface area (TPSA) is 70.0 Å². The highest BCUT2D eigenvalue weighted by molar-refractivity contribution is 9.10. The van der Waals surface area contributed by atoms with Gasteiger partial charge in [-0.15, -0.1) is 0 Å². The SMILES string of the molecule is N#Cc1ccccc1CS(=O)(=O)NCc1cccc(Br)c1. The summed E-state index contributed by atoms with van der Waals surface area (Å²) in [5.41, 5.74) is 1.74. The second-order valence-corrected chi connectivity index (χ2v) is 7.20. The molecule has 0 saturated carbocycles. The third kappa shape index (κ3) is 4.67. The van der Waals surface area contributed by atoms with Crippen LogP contribution < -0.4 is 4.72 Å². The maximum Gasteiger partial charge on any atom is 0.216 e. The molecular formula is C15H13BrN2O2S. The number of nitrogens with one attached hydrogen (secondary N) is 1. The number of nitriles is 1. The molecular weight excluding hydrogens is 352 g/mol. The summed E-state index contributed by atoms with van der Waals surface area (Å²) in [7, 11) is -3.49. The summed E-state index contributed by atoms with van der Waals surface area (Å²) in [6.45, 7) is 0.219. The van der Waals surface area contributed by atoms with E-state index in [4.69, 9.17) is 5.26 Å². The Kier molecular flexibility index (Phi) is 5.12. The molecule has 0 fully saturated rings. The minimum Gasteiger partial charge on any atom is -0.212 e. The number of sulfonamides is 1. The Bertz CT molecular complexity index is 782. The second kappa shape index (κ2) is 6.85. The molecule has 0 unspecified atom stereocenters. The van der Waals surface area contributed by atoms with Crippen LogP contribution in [0.5, 0.6) is 0 Å². The Morgan fingerprint density at radius 2 is 1.90 bits per heavy atom. The van der Waals surface area contributed by atoms with Crippen molar-refractivity contribution in [3.63, 3.8) is 0 Å². The van der Waals surface area contributed by atoms with Crippen molar-refractivity contribution in [2.75, 3.05) is 0 Å². The number of benzene rings is 2. The molecule has 6 heteroatoms. The van der Waals surface area contributed by atoms with Crippen LogP contribution in [0.2, 0.25) is 0 Å². The first-order valence-corrected chi connectivity index (χ1v) is 8.64. The van der Waals surface area contributed by atoms with Crippen LogP contribution in [0.4, 0.5) is 0 Å². The van der Waals surface area contributed by atoms with E-state index in [1.54, 1.807) is 24.3 Å². The monoisotopic (exact) mass is 364 g/mol. The number of nitrogens with zero attached hydrogens (tertiary/aromatic N) is 1. The molecule has 0 aromatic heterocycles. The fourth-order valence-electron chi connectivity index (χ4n) is 1.85. The van der Waals surface area contributed by atoms with E-state index >= 15 is 0 Å². The number of rotatable bonds is 5. The molecule has 1 N–H and O–H groups in total. The summed E-state index contributed by atoms with van der Waals surface area (Å²) in [5.74, 6) is -0.204. The molecule has 0 aliphatic heterocycles. The Morgan fingerprint density at radius 3 is 2.62 bits per heavy atom. The average molecular weight is 365 g/mol. The van der Waals surface area contributed by atoms with Gasteiger partial charge < -0.3 is 0 Å². The summed E-state index contributed by atoms with van der Waals surface area (Å²) in [6.07, 6.45) is 0. The first kappa shape index (κ1) is 15.7. The van der Waals surface area contributed by atoms with E-state index in [9.17, 15) is 8.42 Å². The van der Waals surface area contributed by atoms with Crippen LogP contribution in [-0.4, -0.2) is 8.42 Å². The molecule has 0 saturated heterocycles. The molecule has 0 aliphatic carbocycles. The van der Waals surface area contributed by atoms with Crippen LogP contribution in [0, 0.1) is 11.3 Å². The zero-order chi connectivity index (χ0) is 15.3. The Hall–Kier alpha value is -1.68. The van der Waals surface area contributed by atoms with E-state index in [-0.39, 0.29) is 12.3 Å². The molecule has 0 radical (unpaired) electrons. The molecule has 0 heterocycles. The molecule has 21 heavy (non-hydrogen) atoms. The van der Waals surface area contributed by atoms with Crippen molar-refractivity contribution in [1.82, 2.24) is 4.72 Å². The number of hydrogen-bond donors (Lipinski definition) is 1. The normalized spacial score (nSPS) is 11.0. The maximum atomic E-state index is 12.1. The van der Waals surface area contributed by atoms with E-state index in [0.29, 0.717) is 11.1 Å². The molecule has 0 bridgehead atoms. The van der Waals surface area contributed by atoms with Crippen molar-refractivity contribution in [3.8, 4) is 6.07 Å². The number of hydrogen-bond acceptors (Lipinski definition) is 3. The summed E-state index contributed by atoms with van der Waals surface area (Å²) in [5, 5.41) is 8.98. The minimum atomic E-state index is -3.49. The largest absolute Gasteiger partial charge is 0.216 e. The average Bonchev–Trinajstić information content (AvgIpc) is 2.46. The number of halogens is 1. The maximum absolute atomic E-state index is 12.1. The smallest absolute Gasteiger partial charge is 0.212 e. The zero-order valence-electron chi connectivity index (χ0n) is 11.1. The van der Waals surface area contributed by atoms with Crippen LogP contribution in [0.1, 0.15) is 16.7 Å². The van der Waals surface area contributed by atoms with Crippen molar-refractivity contribution >= 4 is 26.0 Å². The van der Waals surface area contributed by atoms with Gasteiger partial charge in [0.25, 0.3) is 0 Å². The molecule has 0 amide bonds. The molecule has 0 spiro atoms. The lowest BCUT2D eigenvalue weighted by atomic mass is 10.1. The predicted octanol–water partition coefficient (Wildman–Crippen LogP) is 2.94. The van der Waals surface area contributed by atoms with E-state index in [1.165, 1.54) is 0 Å². The quantitative estimate of drug-likeness (QED) is 0.886. The lowest BCUT2D eigenvalue weighted by Gasteiger charge is -2.08. The lowest BCUT2D eigenvalue weighted by Crippen LogP contribution is -2.25. The van der Waals surface area contributed by atoms with E-state index in [1.807, 2.05) is 30.3 Å². The highest BCUT2D eigenvalue weighted by atomic mass is 79.9. The van der Waals surface area contributed by atoms with Crippen molar-refractivity contribution in [3.05, 3.63) is 69.7 Å². The van der Waals surface area contributed by atoms with Crippen LogP contribution in [0.15, 0.2) is 53.0 Å². The highest BCUT2D eigenvalue weighted by Crippen LogP contribution is 2.13. The predicted molar refractivity (Wildman–Crippen MR) is 84.8 cm³/mol. The fraction of sp³-hybridized carbons (Fsp3) is 0.133. The highest BCUT2D eigenvalue weighted by Gasteiger charge is 2.13. The van der Waals surface area contributed by atoms with Crippen LogP contribution in [0.25, 0.3) is 0 Å². The van der Waals surface area contributed by atoms with Gasteiger partial charge in [0.15, 0.2) is 0 Å². The molecule has 108 valence electrons. The summed E-state index contributed by atoms with van der Waals surface area (Å²) in [6, 6.07) is 16.1. The molecule has 4 nitrogen and oxygen atoms in total. The van der Waals surface area contributed by atoms with Gasteiger partial charge in [0, 0.05) is 11.0 Å². The van der Waals surface area contributed by atoms with Gasteiger partial charge in [-0.1, -0.05) is 46.3 Å². The Balaban J connectivity index is 2.07. The van der Waals surface area contributed by atoms with Crippen LogP contribution in [-0.2, 0) is 22.3 Å². The van der Waals surface area contributed by atoms with Crippen molar-refractivity contribution < 1.29 is 8.42 Å². The zero-order valence-corrected chi connectivity index (χ0v) is 13.5. The summed E-state index contributed by atoms with van der Waals surface area (Å²) < 4.78 is 27.6. The Labute approximate surface area is 132 Å². The van der Waals surface area contributed by atoms with Gasteiger partial charge in [0.2, 0.25) is 10.0 Å². The minimum absolute atomic E-state index is 0.204. The van der Waals surface area contributed by atoms with Gasteiger partial charge in [0.1, 0.15) is 0 Å². The third-order valence-electron chi connectivity index (χ3n) is 2.87. The van der Waals surface area contributed by atoms with Crippen LogP contribution >= 0.6 is 15.9 Å². The second-order valence-electron chi connectivity index (χ2n) is 4.48. The first-order valence-electron chi connectivity index (χ1n) is 6.20. The van der Waals surface area contributed by atoms with Gasteiger partial charge in [-0.3, -0.25) is 0 Å². The van der Waals surface area contributed by atoms with E-state index < -0.39 is 10.0 Å². The summed E-state index contributed by atoms with van der Waals surface area (Å²) >= 11 is 3.34. The van der Waals surface area contributed by atoms with E-state index in [0.717, 1.165) is 10.0 Å². The molecule has 2 rings (SSSR count). The fourth-order valence-corrected chi connectivity index (χ4v) is 3.45. The van der Waals surface area contributed by atoms with Gasteiger partial charge in [-0.2, -0.15) is 5.26 Å². The summed E-state index contributed by atoms with van der Waals surface area (Å²) in [4.78, 5) is 0. The molecule has 2 aromatic rings. The molecule has 0 atom stereocenters.